The Morgan fingerprint density at radius 3 is 2.00 bits per heavy atom. The molecule has 1 aliphatic heterocycles. The average molecular weight is 498 g/mol. The number of likely N-dealkylation sites (tertiary alicyclic amines) is 1. The zero-order chi connectivity index (χ0) is 25.1. The normalized spacial score (nSPS) is 14.2. The first-order chi connectivity index (χ1) is 16.0. The summed E-state index contributed by atoms with van der Waals surface area (Å²) in [7, 11) is 0. The Balaban J connectivity index is 0.00000242. The lowest BCUT2D eigenvalue weighted by Gasteiger charge is -2.25. The van der Waals surface area contributed by atoms with Crippen molar-refractivity contribution in [3.63, 3.8) is 0 Å². The lowest BCUT2D eigenvalue weighted by molar-refractivity contribution is 0.205. The van der Waals surface area contributed by atoms with Crippen LogP contribution in [-0.4, -0.2) is 52.7 Å². The summed E-state index contributed by atoms with van der Waals surface area (Å²) in [6.07, 6.45) is 3.80. The monoisotopic (exact) mass is 497 g/mol. The van der Waals surface area contributed by atoms with Gasteiger partial charge in [0.2, 0.25) is 0 Å². The van der Waals surface area contributed by atoms with Gasteiger partial charge in [-0.3, -0.25) is 15.8 Å². The minimum atomic E-state index is 0.439. The Labute approximate surface area is 211 Å². The molecule has 0 saturated carbocycles. The predicted octanol–water partition coefficient (Wildman–Crippen LogP) is 4.37. The first-order valence-corrected chi connectivity index (χ1v) is 12.9. The molecule has 1 aromatic heterocycles. The van der Waals surface area contributed by atoms with Gasteiger partial charge in [0.1, 0.15) is 11.5 Å². The number of hydrogen-bond donors (Lipinski definition) is 4. The molecule has 1 aliphatic rings. The van der Waals surface area contributed by atoms with Gasteiger partial charge in [0.05, 0.1) is 12.3 Å². The third-order valence-corrected chi connectivity index (χ3v) is 4.81. The Morgan fingerprint density at radius 1 is 0.909 bits per heavy atom. The van der Waals surface area contributed by atoms with Gasteiger partial charge in [0, 0.05) is 13.1 Å². The van der Waals surface area contributed by atoms with E-state index in [4.69, 9.17) is 28.9 Å². The summed E-state index contributed by atoms with van der Waals surface area (Å²) in [5.74, 6) is 1.54. The SMILES string of the molecule is CC.CC.CCNC(=S)N/N=C(C)/C(=N\NC(=S)NCC)c1ccc(CN2CCCCC2)o1. The van der Waals surface area contributed by atoms with Crippen LogP contribution in [0.3, 0.4) is 0 Å². The van der Waals surface area contributed by atoms with E-state index in [1.54, 1.807) is 0 Å². The van der Waals surface area contributed by atoms with Gasteiger partial charge >= 0.3 is 0 Å². The molecule has 0 radical (unpaired) electrons. The molecule has 33 heavy (non-hydrogen) atoms. The summed E-state index contributed by atoms with van der Waals surface area (Å²) in [6.45, 7) is 18.2. The van der Waals surface area contributed by atoms with Crippen LogP contribution in [0.1, 0.15) is 79.2 Å². The number of hydrogen-bond acceptors (Lipinski definition) is 6. The summed E-state index contributed by atoms with van der Waals surface area (Å²) in [5, 5.41) is 15.6. The summed E-state index contributed by atoms with van der Waals surface area (Å²) in [4.78, 5) is 2.42. The van der Waals surface area contributed by atoms with E-state index in [1.807, 2.05) is 60.6 Å². The van der Waals surface area contributed by atoms with Crippen molar-refractivity contribution in [1.82, 2.24) is 26.4 Å². The van der Waals surface area contributed by atoms with Crippen molar-refractivity contribution in [3.05, 3.63) is 23.7 Å². The van der Waals surface area contributed by atoms with Crippen molar-refractivity contribution in [2.75, 3.05) is 26.2 Å². The maximum absolute atomic E-state index is 6.08. The maximum Gasteiger partial charge on any atom is 0.186 e. The van der Waals surface area contributed by atoms with Crippen LogP contribution in [0.15, 0.2) is 26.8 Å². The molecule has 0 spiro atoms. The van der Waals surface area contributed by atoms with E-state index in [0.717, 1.165) is 31.9 Å². The molecule has 2 heterocycles. The molecule has 4 N–H and O–H groups in total. The van der Waals surface area contributed by atoms with Crippen molar-refractivity contribution < 1.29 is 4.42 Å². The number of rotatable bonds is 8. The lowest BCUT2D eigenvalue weighted by Crippen LogP contribution is -2.34. The second-order valence-corrected chi connectivity index (χ2v) is 7.52. The number of nitrogens with one attached hydrogen (secondary N) is 4. The van der Waals surface area contributed by atoms with Crippen LogP contribution in [0.2, 0.25) is 0 Å². The molecule has 0 aliphatic carbocycles. The summed E-state index contributed by atoms with van der Waals surface area (Å²) in [5.41, 5.74) is 6.85. The van der Waals surface area contributed by atoms with E-state index in [-0.39, 0.29) is 0 Å². The Morgan fingerprint density at radius 2 is 1.45 bits per heavy atom. The van der Waals surface area contributed by atoms with E-state index in [9.17, 15) is 0 Å². The number of hydrazone groups is 2. The number of furan rings is 1. The highest BCUT2D eigenvalue weighted by Crippen LogP contribution is 2.16. The van der Waals surface area contributed by atoms with Gasteiger partial charge in [-0.25, -0.2) is 0 Å². The van der Waals surface area contributed by atoms with Gasteiger partial charge in [0.25, 0.3) is 0 Å². The van der Waals surface area contributed by atoms with Crippen LogP contribution < -0.4 is 21.5 Å². The van der Waals surface area contributed by atoms with Gasteiger partial charge < -0.3 is 15.1 Å². The van der Waals surface area contributed by atoms with Crippen LogP contribution in [-0.2, 0) is 6.54 Å². The standard InChI is InChI=1S/C19H31N7OS2.2C2H6/c1-4-20-18(28)24-22-14(3)17(23-25-19(29)21-5-2)16-10-9-15(27-16)13-26-11-7-6-8-12-26;2*1-2/h9-10H,4-8,11-13H2,1-3H3,(H2,20,24,28)(H2,21,25,29);2*1-2H3/b22-14+,23-17+;;. The molecule has 188 valence electrons. The number of nitrogens with zero attached hydrogens (tertiary/aromatic N) is 3. The maximum atomic E-state index is 6.08. The molecule has 0 amide bonds. The van der Waals surface area contributed by atoms with Crippen LogP contribution in [0, 0.1) is 0 Å². The quantitative estimate of drug-likeness (QED) is 0.239. The minimum Gasteiger partial charge on any atom is -0.458 e. The highest BCUT2D eigenvalue weighted by atomic mass is 32.1. The molecular formula is C23H43N7OS2. The largest absolute Gasteiger partial charge is 0.458 e. The fourth-order valence-corrected chi connectivity index (χ4v) is 3.32. The molecule has 1 saturated heterocycles. The van der Waals surface area contributed by atoms with Crippen LogP contribution in [0.4, 0.5) is 0 Å². The number of piperidine rings is 1. The van der Waals surface area contributed by atoms with Gasteiger partial charge in [-0.1, -0.05) is 34.1 Å². The van der Waals surface area contributed by atoms with Crippen LogP contribution in [0.5, 0.6) is 0 Å². The molecule has 1 aromatic rings. The Hall–Kier alpha value is -2.04. The highest BCUT2D eigenvalue weighted by molar-refractivity contribution is 7.80. The summed E-state index contributed by atoms with van der Waals surface area (Å²) >= 11 is 10.4. The fraction of sp³-hybridized carbons (Fsp3) is 0.652. The van der Waals surface area contributed by atoms with Crippen LogP contribution in [0.25, 0.3) is 0 Å². The molecule has 8 nitrogen and oxygen atoms in total. The first kappa shape index (κ1) is 31.0. The molecular weight excluding hydrogens is 454 g/mol. The molecule has 0 aromatic carbocycles. The van der Waals surface area contributed by atoms with Gasteiger partial charge in [-0.15, -0.1) is 0 Å². The Bertz CT molecular complexity index is 741. The topological polar surface area (TPSA) is 89.2 Å². The van der Waals surface area contributed by atoms with Crippen molar-refractivity contribution in [2.24, 2.45) is 10.2 Å². The van der Waals surface area contributed by atoms with E-state index < -0.39 is 0 Å². The number of thiocarbonyl (C=S) groups is 2. The second kappa shape index (κ2) is 19.4. The first-order valence-electron chi connectivity index (χ1n) is 12.0. The van der Waals surface area contributed by atoms with Crippen molar-refractivity contribution in [3.8, 4) is 0 Å². The molecule has 0 unspecified atom stereocenters. The smallest absolute Gasteiger partial charge is 0.186 e. The van der Waals surface area contributed by atoms with Gasteiger partial charge in [0.15, 0.2) is 16.0 Å². The zero-order valence-corrected chi connectivity index (χ0v) is 23.0. The third-order valence-electron chi connectivity index (χ3n) is 4.33. The summed E-state index contributed by atoms with van der Waals surface area (Å²) in [6, 6.07) is 3.91. The zero-order valence-electron chi connectivity index (χ0n) is 21.4. The predicted molar refractivity (Wildman–Crippen MR) is 149 cm³/mol. The molecule has 0 bridgehead atoms. The summed E-state index contributed by atoms with van der Waals surface area (Å²) < 4.78 is 6.08. The van der Waals surface area contributed by atoms with Crippen LogP contribution >= 0.6 is 24.4 Å². The van der Waals surface area contributed by atoms with E-state index in [2.05, 4.69) is 36.6 Å². The van der Waals surface area contributed by atoms with E-state index in [1.165, 1.54) is 19.3 Å². The lowest BCUT2D eigenvalue weighted by atomic mass is 10.1. The second-order valence-electron chi connectivity index (χ2n) is 6.70. The van der Waals surface area contributed by atoms with E-state index >= 15 is 0 Å². The van der Waals surface area contributed by atoms with Gasteiger partial charge in [-0.05, 0) is 83.3 Å². The van der Waals surface area contributed by atoms with Crippen molar-refractivity contribution >= 4 is 46.1 Å². The molecule has 10 heteroatoms. The van der Waals surface area contributed by atoms with E-state index in [0.29, 0.717) is 34.0 Å². The van der Waals surface area contributed by atoms with Crippen molar-refractivity contribution in [1.29, 1.82) is 0 Å². The fourth-order valence-electron chi connectivity index (χ4n) is 2.94. The molecule has 1 fully saturated rings. The molecule has 0 atom stereocenters. The van der Waals surface area contributed by atoms with Gasteiger partial charge in [-0.2, -0.15) is 10.2 Å². The highest BCUT2D eigenvalue weighted by Gasteiger charge is 2.17. The van der Waals surface area contributed by atoms with Crippen molar-refractivity contribution in [2.45, 2.75) is 74.3 Å². The average Bonchev–Trinajstić information content (AvgIpc) is 3.29. The third kappa shape index (κ3) is 12.7. The minimum absolute atomic E-state index is 0.439. The Kier molecular flexibility index (Phi) is 18.2. The molecule has 2 rings (SSSR count).